The third-order valence-electron chi connectivity index (χ3n) is 3.18. The van der Waals surface area contributed by atoms with Gasteiger partial charge in [-0.2, -0.15) is 0 Å². The second-order valence-electron chi connectivity index (χ2n) is 4.64. The van der Waals surface area contributed by atoms with Crippen molar-refractivity contribution in [1.29, 1.82) is 0 Å². The molecule has 18 heavy (non-hydrogen) atoms. The van der Waals surface area contributed by atoms with Crippen LogP contribution in [0.1, 0.15) is 19.4 Å². The topological polar surface area (TPSA) is 32.7 Å². The van der Waals surface area contributed by atoms with E-state index in [2.05, 4.69) is 0 Å². The van der Waals surface area contributed by atoms with E-state index in [1.807, 2.05) is 63.2 Å². The molecule has 0 amide bonds. The maximum atomic E-state index is 10.1. The van der Waals surface area contributed by atoms with Crippen molar-refractivity contribution in [2.45, 2.75) is 20.1 Å². The second-order valence-corrected chi connectivity index (χ2v) is 4.64. The van der Waals surface area contributed by atoms with E-state index in [-0.39, 0.29) is 5.92 Å². The van der Waals surface area contributed by atoms with Gasteiger partial charge < -0.3 is 9.84 Å². The Bertz CT molecular complexity index is 413. The van der Waals surface area contributed by atoms with Crippen LogP contribution in [0.3, 0.4) is 0 Å². The first kappa shape index (κ1) is 14.7. The van der Waals surface area contributed by atoms with Gasteiger partial charge in [0.05, 0.1) is 7.11 Å². The number of aliphatic hydroxyl groups excluding tert-OH is 1. The van der Waals surface area contributed by atoms with E-state index in [4.69, 9.17) is 4.74 Å². The van der Waals surface area contributed by atoms with Gasteiger partial charge in [0.2, 0.25) is 0 Å². The molecule has 0 spiro atoms. The van der Waals surface area contributed by atoms with Crippen LogP contribution in [0.15, 0.2) is 30.3 Å². The van der Waals surface area contributed by atoms with Gasteiger partial charge in [-0.25, -0.2) is 0 Å². The molecular formula is C15H23NO2. The highest BCUT2D eigenvalue weighted by molar-refractivity contribution is 5.68. The van der Waals surface area contributed by atoms with Crippen molar-refractivity contribution < 1.29 is 9.84 Å². The van der Waals surface area contributed by atoms with Crippen LogP contribution in [-0.2, 0) is 0 Å². The zero-order chi connectivity index (χ0) is 13.7. The largest absolute Gasteiger partial charge is 0.497 e. The molecule has 1 aromatic carbocycles. The summed E-state index contributed by atoms with van der Waals surface area (Å²) in [5.41, 5.74) is 2.21. The fourth-order valence-corrected chi connectivity index (χ4v) is 2.10. The summed E-state index contributed by atoms with van der Waals surface area (Å²) < 4.78 is 5.24. The molecule has 0 saturated heterocycles. The lowest BCUT2D eigenvalue weighted by molar-refractivity contribution is 0.0146. The number of rotatable bonds is 5. The molecule has 0 radical (unpaired) electrons. The molecular weight excluding hydrogens is 226 g/mol. The quantitative estimate of drug-likeness (QED) is 0.814. The molecule has 100 valence electrons. The Hall–Kier alpha value is -1.32. The fourth-order valence-electron chi connectivity index (χ4n) is 2.10. The van der Waals surface area contributed by atoms with E-state index >= 15 is 0 Å². The molecule has 3 heteroatoms. The van der Waals surface area contributed by atoms with E-state index in [1.165, 1.54) is 0 Å². The minimum Gasteiger partial charge on any atom is -0.497 e. The Kier molecular flexibility index (Phi) is 5.38. The lowest BCUT2D eigenvalue weighted by Gasteiger charge is -2.27. The molecule has 1 N–H and O–H groups in total. The molecule has 0 bridgehead atoms. The minimum atomic E-state index is -0.498. The highest BCUT2D eigenvalue weighted by atomic mass is 16.5. The second kappa shape index (κ2) is 6.57. The molecule has 3 nitrogen and oxygen atoms in total. The summed E-state index contributed by atoms with van der Waals surface area (Å²) in [6, 6.07) is 7.92. The van der Waals surface area contributed by atoms with Crippen LogP contribution in [0.4, 0.5) is 0 Å². The number of ether oxygens (including phenoxy) is 1. The first-order chi connectivity index (χ1) is 8.51. The van der Waals surface area contributed by atoms with Crippen molar-refractivity contribution >= 4 is 5.57 Å². The van der Waals surface area contributed by atoms with Gasteiger partial charge in [0.15, 0.2) is 0 Å². The molecule has 0 aliphatic rings. The van der Waals surface area contributed by atoms with Crippen molar-refractivity contribution in [3.63, 3.8) is 0 Å². The lowest BCUT2D eigenvalue weighted by atomic mass is 9.92. The predicted octanol–water partition coefficient (Wildman–Crippen LogP) is 2.61. The van der Waals surface area contributed by atoms with E-state index in [0.29, 0.717) is 0 Å². The SMILES string of the molecule is CC=C(c1cccc(OC)c1)[C@H](C)C(O)N(C)C. The Morgan fingerprint density at radius 3 is 2.56 bits per heavy atom. The standard InChI is InChI=1S/C15H23NO2/c1-6-14(11(2)15(17)16(3)4)12-8-7-9-13(10-12)18-5/h6-11,15,17H,1-5H3/t11-,15?/m0/s1. The number of hydrogen-bond acceptors (Lipinski definition) is 3. The summed E-state index contributed by atoms with van der Waals surface area (Å²) in [4.78, 5) is 1.81. The minimum absolute atomic E-state index is 0.0390. The fraction of sp³-hybridized carbons (Fsp3) is 0.467. The Labute approximate surface area is 110 Å². The maximum Gasteiger partial charge on any atom is 0.119 e. The van der Waals surface area contributed by atoms with E-state index in [0.717, 1.165) is 16.9 Å². The number of hydrogen-bond donors (Lipinski definition) is 1. The van der Waals surface area contributed by atoms with Gasteiger partial charge in [0.25, 0.3) is 0 Å². The van der Waals surface area contributed by atoms with Crippen LogP contribution in [-0.4, -0.2) is 37.4 Å². The van der Waals surface area contributed by atoms with Gasteiger partial charge in [0.1, 0.15) is 12.0 Å². The average Bonchev–Trinajstić information content (AvgIpc) is 2.38. The van der Waals surface area contributed by atoms with Crippen molar-refractivity contribution in [2.24, 2.45) is 5.92 Å². The van der Waals surface area contributed by atoms with Crippen LogP contribution in [0.2, 0.25) is 0 Å². The highest BCUT2D eigenvalue weighted by Gasteiger charge is 2.21. The zero-order valence-electron chi connectivity index (χ0n) is 11.8. The number of benzene rings is 1. The molecule has 0 saturated carbocycles. The first-order valence-corrected chi connectivity index (χ1v) is 6.16. The van der Waals surface area contributed by atoms with Crippen LogP contribution in [0.25, 0.3) is 5.57 Å². The molecule has 1 aromatic rings. The van der Waals surface area contributed by atoms with E-state index in [1.54, 1.807) is 7.11 Å². The number of allylic oxidation sites excluding steroid dienone is 1. The highest BCUT2D eigenvalue weighted by Crippen LogP contribution is 2.28. The van der Waals surface area contributed by atoms with E-state index in [9.17, 15) is 5.11 Å². The first-order valence-electron chi connectivity index (χ1n) is 6.16. The number of aliphatic hydroxyl groups is 1. The summed E-state index contributed by atoms with van der Waals surface area (Å²) in [6.45, 7) is 4.02. The summed E-state index contributed by atoms with van der Waals surface area (Å²) in [6.07, 6.45) is 1.55. The van der Waals surface area contributed by atoms with Crippen molar-refractivity contribution in [3.8, 4) is 5.75 Å². The molecule has 0 aliphatic carbocycles. The Morgan fingerprint density at radius 2 is 2.06 bits per heavy atom. The van der Waals surface area contributed by atoms with E-state index < -0.39 is 6.23 Å². The lowest BCUT2D eigenvalue weighted by Crippen LogP contribution is -2.34. The van der Waals surface area contributed by atoms with Crippen molar-refractivity contribution in [2.75, 3.05) is 21.2 Å². The third kappa shape index (κ3) is 3.34. The zero-order valence-corrected chi connectivity index (χ0v) is 11.8. The monoisotopic (exact) mass is 249 g/mol. The van der Waals surface area contributed by atoms with Gasteiger partial charge in [-0.05, 0) is 44.3 Å². The van der Waals surface area contributed by atoms with Crippen molar-refractivity contribution in [3.05, 3.63) is 35.9 Å². The average molecular weight is 249 g/mol. The Morgan fingerprint density at radius 1 is 1.39 bits per heavy atom. The molecule has 1 unspecified atom stereocenters. The molecule has 1 rings (SSSR count). The summed E-state index contributed by atoms with van der Waals surface area (Å²) in [5.74, 6) is 0.871. The summed E-state index contributed by atoms with van der Waals surface area (Å²) in [5, 5.41) is 10.1. The molecule has 0 fully saturated rings. The third-order valence-corrected chi connectivity index (χ3v) is 3.18. The molecule has 0 aromatic heterocycles. The van der Waals surface area contributed by atoms with Crippen LogP contribution < -0.4 is 4.74 Å². The van der Waals surface area contributed by atoms with Gasteiger partial charge >= 0.3 is 0 Å². The normalized spacial score (nSPS) is 15.6. The van der Waals surface area contributed by atoms with Crippen LogP contribution >= 0.6 is 0 Å². The van der Waals surface area contributed by atoms with Crippen LogP contribution in [0.5, 0.6) is 5.75 Å². The van der Waals surface area contributed by atoms with Crippen LogP contribution in [0, 0.1) is 5.92 Å². The molecule has 2 atom stereocenters. The number of nitrogens with zero attached hydrogens (tertiary/aromatic N) is 1. The summed E-state index contributed by atoms with van der Waals surface area (Å²) >= 11 is 0. The molecule has 0 heterocycles. The predicted molar refractivity (Wildman–Crippen MR) is 75.5 cm³/mol. The van der Waals surface area contributed by atoms with Gasteiger partial charge in [-0.15, -0.1) is 0 Å². The van der Waals surface area contributed by atoms with Crippen molar-refractivity contribution in [1.82, 2.24) is 4.90 Å². The van der Waals surface area contributed by atoms with Gasteiger partial charge in [-0.1, -0.05) is 25.1 Å². The van der Waals surface area contributed by atoms with Gasteiger partial charge in [-0.3, -0.25) is 4.90 Å². The number of methoxy groups -OCH3 is 1. The van der Waals surface area contributed by atoms with Gasteiger partial charge in [0, 0.05) is 5.92 Å². The summed E-state index contributed by atoms with van der Waals surface area (Å²) in [7, 11) is 5.41. The smallest absolute Gasteiger partial charge is 0.119 e. The molecule has 0 aliphatic heterocycles. The Balaban J connectivity index is 3.03. The maximum absolute atomic E-state index is 10.1.